The van der Waals surface area contributed by atoms with Crippen molar-refractivity contribution in [3.8, 4) is 66.8 Å². The Balaban J connectivity index is 0.917. The summed E-state index contributed by atoms with van der Waals surface area (Å²) in [6.07, 6.45) is 3.49. The summed E-state index contributed by atoms with van der Waals surface area (Å²) in [6, 6.07) is 46.3. The molecule has 0 unspecified atom stereocenters. The number of pyridine rings is 6. The molecule has 56 heavy (non-hydrogen) atoms. The maximum absolute atomic E-state index is 8.92. The van der Waals surface area contributed by atoms with Crippen molar-refractivity contribution in [2.24, 2.45) is 0 Å². The molecule has 0 saturated carbocycles. The van der Waals surface area contributed by atoms with Crippen LogP contribution in [0, 0.1) is 10.8 Å². The molecule has 0 atom stereocenters. The molecule has 7 aromatic heterocycles. The number of hydrogen-bond acceptors (Lipinski definition) is 12. The van der Waals surface area contributed by atoms with Crippen LogP contribution in [0.2, 0.25) is 0 Å². The fraction of sp³-hybridized carbons (Fsp3) is 0. The Morgan fingerprint density at radius 3 is 1.57 bits per heavy atom. The molecule has 0 radical (unpaired) electrons. The van der Waals surface area contributed by atoms with Crippen LogP contribution in [0.15, 0.2) is 158 Å². The first kappa shape index (κ1) is 34.6. The van der Waals surface area contributed by atoms with E-state index in [0.29, 0.717) is 33.3 Å². The van der Waals surface area contributed by atoms with Crippen molar-refractivity contribution in [1.29, 1.82) is 10.8 Å². The number of fused-ring (bicyclic) bond motifs is 1. The summed E-state index contributed by atoms with van der Waals surface area (Å²) in [7, 11) is 0. The summed E-state index contributed by atoms with van der Waals surface area (Å²) < 4.78 is 0. The van der Waals surface area contributed by atoms with Gasteiger partial charge in [0.15, 0.2) is 5.01 Å². The number of benzene rings is 2. The predicted octanol–water partition coefficient (Wildman–Crippen LogP) is 10.1. The average Bonchev–Trinajstić information content (AvgIpc) is 3.78. The van der Waals surface area contributed by atoms with Gasteiger partial charge in [0.05, 0.1) is 51.2 Å². The van der Waals surface area contributed by atoms with Gasteiger partial charge >= 0.3 is 0 Å². The van der Waals surface area contributed by atoms with Crippen LogP contribution in [-0.2, 0) is 0 Å². The van der Waals surface area contributed by atoms with Gasteiger partial charge in [-0.3, -0.25) is 20.8 Å². The highest BCUT2D eigenvalue weighted by atomic mass is 32.2. The third-order valence-corrected chi connectivity index (χ3v) is 10.7. The minimum Gasteiger partial charge on any atom is -0.293 e. The molecule has 2 N–H and O–H groups in total. The zero-order chi connectivity index (χ0) is 37.8. The van der Waals surface area contributed by atoms with Crippen LogP contribution in [0.3, 0.4) is 0 Å². The van der Waals surface area contributed by atoms with Crippen LogP contribution in [0.25, 0.3) is 77.6 Å². The molecule has 7 heterocycles. The fourth-order valence-electron chi connectivity index (χ4n) is 6.05. The molecule has 0 saturated heterocycles. The van der Waals surface area contributed by atoms with E-state index in [1.165, 1.54) is 11.3 Å². The third kappa shape index (κ3) is 7.34. The van der Waals surface area contributed by atoms with Gasteiger partial charge in [0.1, 0.15) is 20.8 Å². The Hall–Kier alpha value is -7.15. The Morgan fingerprint density at radius 1 is 0.429 bits per heavy atom. The van der Waals surface area contributed by atoms with Gasteiger partial charge in [-0.15, -0.1) is 10.2 Å². The Kier molecular flexibility index (Phi) is 9.46. The van der Waals surface area contributed by atoms with Crippen molar-refractivity contribution in [1.82, 2.24) is 40.1 Å². The van der Waals surface area contributed by atoms with E-state index in [1.54, 1.807) is 18.5 Å². The molecule has 266 valence electrons. The second-order valence-corrected chi connectivity index (χ2v) is 14.5. The van der Waals surface area contributed by atoms with Crippen molar-refractivity contribution < 1.29 is 0 Å². The second-order valence-electron chi connectivity index (χ2n) is 12.5. The van der Waals surface area contributed by atoms with Crippen LogP contribution >= 0.6 is 23.1 Å². The maximum atomic E-state index is 8.92. The molecular formula is C44H28N10S2. The first-order valence-electron chi connectivity index (χ1n) is 17.5. The van der Waals surface area contributed by atoms with Crippen molar-refractivity contribution in [3.63, 3.8) is 0 Å². The van der Waals surface area contributed by atoms with Crippen molar-refractivity contribution >= 4 is 44.0 Å². The van der Waals surface area contributed by atoms with Crippen LogP contribution in [0.5, 0.6) is 0 Å². The number of thioether (sulfide) groups is 1. The first-order chi connectivity index (χ1) is 27.5. The van der Waals surface area contributed by atoms with Crippen molar-refractivity contribution in [3.05, 3.63) is 169 Å². The van der Waals surface area contributed by atoms with Gasteiger partial charge in [0, 0.05) is 23.5 Å². The highest BCUT2D eigenvalue weighted by Gasteiger charge is 2.15. The van der Waals surface area contributed by atoms with Gasteiger partial charge in [-0.2, -0.15) is 0 Å². The SMILES string of the molecule is N=C(SC(=N)c1cccc(-c2cccc(-c3ccccn3)n2)n1)c1ccc2ccc(-c3nnc(-c4cccc(-c5cccc(-c6ccccn6)n5)n4)s3)cc2c1. The summed E-state index contributed by atoms with van der Waals surface area (Å²) in [6.45, 7) is 0. The standard InChI is InChI=1S/C44H28N10S2/c45-41(55-42(46)39-17-7-15-37(51-39)35-13-5-11-33(49-35)31-9-1-3-23-47-31)28-21-19-27-20-22-29(26-30(27)25-28)43-53-54-44(56-43)40-18-8-16-38(52-40)36-14-6-12-34(50-36)32-10-2-4-24-48-32/h1-26,45-46H. The molecule has 0 fully saturated rings. The van der Waals surface area contributed by atoms with E-state index >= 15 is 0 Å². The van der Waals surface area contributed by atoms with Gasteiger partial charge in [-0.1, -0.05) is 72.0 Å². The Labute approximate surface area is 329 Å². The van der Waals surface area contributed by atoms with Gasteiger partial charge in [-0.25, -0.2) is 19.9 Å². The molecule has 0 spiro atoms. The maximum Gasteiger partial charge on any atom is 0.166 e. The molecule has 9 aromatic rings. The van der Waals surface area contributed by atoms with E-state index in [-0.39, 0.29) is 10.1 Å². The van der Waals surface area contributed by atoms with E-state index in [9.17, 15) is 0 Å². The summed E-state index contributed by atoms with van der Waals surface area (Å²) in [5.74, 6) is 0. The lowest BCUT2D eigenvalue weighted by molar-refractivity contribution is 1.09. The number of nitrogens with zero attached hydrogens (tertiary/aromatic N) is 8. The van der Waals surface area contributed by atoms with Gasteiger partial charge in [0.25, 0.3) is 0 Å². The summed E-state index contributed by atoms with van der Waals surface area (Å²) in [4.78, 5) is 28.0. The molecular weight excluding hydrogens is 733 g/mol. The number of rotatable bonds is 8. The second kappa shape index (κ2) is 15.3. The number of hydrogen-bond donors (Lipinski definition) is 2. The van der Waals surface area contributed by atoms with E-state index < -0.39 is 0 Å². The number of aromatic nitrogens is 8. The van der Waals surface area contributed by atoms with Crippen LogP contribution < -0.4 is 0 Å². The molecule has 0 aliphatic heterocycles. The van der Waals surface area contributed by atoms with E-state index in [4.69, 9.17) is 30.8 Å². The quantitative estimate of drug-likeness (QED) is 0.114. The topological polar surface area (TPSA) is 151 Å². The lowest BCUT2D eigenvalue weighted by Gasteiger charge is -2.09. The zero-order valence-electron chi connectivity index (χ0n) is 29.4. The monoisotopic (exact) mass is 760 g/mol. The van der Waals surface area contributed by atoms with Gasteiger partial charge < -0.3 is 0 Å². The highest BCUT2D eigenvalue weighted by Crippen LogP contribution is 2.33. The lowest BCUT2D eigenvalue weighted by Crippen LogP contribution is -2.04. The molecule has 0 bridgehead atoms. The molecule has 0 aliphatic rings. The first-order valence-corrected chi connectivity index (χ1v) is 19.1. The minimum atomic E-state index is 0.169. The average molecular weight is 761 g/mol. The highest BCUT2D eigenvalue weighted by molar-refractivity contribution is 8.27. The molecule has 0 amide bonds. The molecule has 12 heteroatoms. The molecule has 9 rings (SSSR count). The smallest absolute Gasteiger partial charge is 0.166 e. The molecule has 0 aliphatic carbocycles. The lowest BCUT2D eigenvalue weighted by atomic mass is 10.0. The number of nitrogens with one attached hydrogen (secondary N) is 2. The third-order valence-electron chi connectivity index (χ3n) is 8.81. The minimum absolute atomic E-state index is 0.169. The Morgan fingerprint density at radius 2 is 0.946 bits per heavy atom. The van der Waals surface area contributed by atoms with Crippen LogP contribution in [0.4, 0.5) is 0 Å². The van der Waals surface area contributed by atoms with Crippen molar-refractivity contribution in [2.45, 2.75) is 0 Å². The van der Waals surface area contributed by atoms with Crippen LogP contribution in [-0.4, -0.2) is 50.2 Å². The fourth-order valence-corrected chi connectivity index (χ4v) is 7.52. The largest absolute Gasteiger partial charge is 0.293 e. The summed E-state index contributed by atoms with van der Waals surface area (Å²) in [5.41, 5.74) is 8.67. The Bertz CT molecular complexity index is 2900. The molecule has 10 nitrogen and oxygen atoms in total. The van der Waals surface area contributed by atoms with Gasteiger partial charge in [-0.05, 0) is 107 Å². The van der Waals surface area contributed by atoms with E-state index in [1.807, 2.05) is 133 Å². The van der Waals surface area contributed by atoms with Gasteiger partial charge in [0.2, 0.25) is 0 Å². The summed E-state index contributed by atoms with van der Waals surface area (Å²) in [5, 5.41) is 30.6. The van der Waals surface area contributed by atoms with Crippen LogP contribution in [0.1, 0.15) is 11.3 Å². The van der Waals surface area contributed by atoms with E-state index in [2.05, 4.69) is 26.2 Å². The molecule has 2 aromatic carbocycles. The normalized spacial score (nSPS) is 11.1. The van der Waals surface area contributed by atoms with E-state index in [0.717, 1.165) is 67.3 Å². The summed E-state index contributed by atoms with van der Waals surface area (Å²) >= 11 is 2.52. The predicted molar refractivity (Wildman–Crippen MR) is 224 cm³/mol. The van der Waals surface area contributed by atoms with Crippen molar-refractivity contribution in [2.75, 3.05) is 0 Å². The zero-order valence-corrected chi connectivity index (χ0v) is 31.0.